The molecule has 0 aliphatic carbocycles. The van der Waals surface area contributed by atoms with Gasteiger partial charge in [-0.1, -0.05) is 22.9 Å². The zero-order chi connectivity index (χ0) is 28.5. The van der Waals surface area contributed by atoms with Crippen LogP contribution in [-0.4, -0.2) is 45.7 Å². The fourth-order valence-electron chi connectivity index (χ4n) is 3.77. The lowest BCUT2D eigenvalue weighted by atomic mass is 10.1. The number of hydrogen-bond acceptors (Lipinski definition) is 8. The minimum Gasteiger partial charge on any atom is -0.492 e. The van der Waals surface area contributed by atoms with Gasteiger partial charge in [-0.05, 0) is 31.2 Å². The molecule has 0 aliphatic heterocycles. The highest BCUT2D eigenvalue weighted by molar-refractivity contribution is 6.31. The third-order valence-corrected chi connectivity index (χ3v) is 5.86. The van der Waals surface area contributed by atoms with E-state index in [-0.39, 0.29) is 29.5 Å². The van der Waals surface area contributed by atoms with Crippen molar-refractivity contribution in [1.82, 2.24) is 25.3 Å². The van der Waals surface area contributed by atoms with E-state index in [1.807, 2.05) is 6.92 Å². The first kappa shape index (κ1) is 31.2. The molecule has 0 aliphatic rings. The number of aromatic nitrogens is 4. The first-order valence-electron chi connectivity index (χ1n) is 12.3. The van der Waals surface area contributed by atoms with Crippen molar-refractivity contribution in [2.45, 2.75) is 20.0 Å². The molecule has 3 N–H and O–H groups in total. The number of alkyl halides is 1. The molecule has 10 nitrogen and oxygen atoms in total. The molecule has 214 valence electrons. The van der Waals surface area contributed by atoms with E-state index in [1.54, 1.807) is 24.4 Å². The molecule has 0 saturated heterocycles. The number of fused-ring (bicyclic) bond motifs is 1. The van der Waals surface area contributed by atoms with E-state index in [2.05, 4.69) is 37.3 Å². The SMILES string of the molecule is CCOc1cc2ncc(C#N)c(Nc3ccc(F)c(Cl)c3)c2cc1NC(=O)/C=C/CNCc1cn(CCF)nn1.Cl. The van der Waals surface area contributed by atoms with Gasteiger partial charge in [-0.15, -0.1) is 17.5 Å². The topological polar surface area (TPSA) is 130 Å². The molecule has 0 unspecified atom stereocenters. The van der Waals surface area contributed by atoms with Crippen molar-refractivity contribution in [3.63, 3.8) is 0 Å². The monoisotopic (exact) mass is 602 g/mol. The van der Waals surface area contributed by atoms with E-state index in [9.17, 15) is 18.8 Å². The van der Waals surface area contributed by atoms with Crippen LogP contribution in [0.15, 0.2) is 54.9 Å². The first-order valence-corrected chi connectivity index (χ1v) is 12.6. The van der Waals surface area contributed by atoms with Crippen LogP contribution in [0.1, 0.15) is 18.2 Å². The number of nitrogens with one attached hydrogen (secondary N) is 3. The van der Waals surface area contributed by atoms with E-state index < -0.39 is 18.4 Å². The second-order valence-corrected chi connectivity index (χ2v) is 8.80. The highest BCUT2D eigenvalue weighted by Gasteiger charge is 2.15. The van der Waals surface area contributed by atoms with Crippen LogP contribution >= 0.6 is 24.0 Å². The fourth-order valence-corrected chi connectivity index (χ4v) is 3.95. The Labute approximate surface area is 245 Å². The van der Waals surface area contributed by atoms with Gasteiger partial charge in [-0.2, -0.15) is 5.26 Å². The lowest BCUT2D eigenvalue weighted by Gasteiger charge is -2.16. The lowest BCUT2D eigenvalue weighted by molar-refractivity contribution is -0.111. The van der Waals surface area contributed by atoms with E-state index >= 15 is 0 Å². The smallest absolute Gasteiger partial charge is 0.248 e. The number of carbonyl (C=O) groups is 1. The van der Waals surface area contributed by atoms with Crippen LogP contribution in [0, 0.1) is 17.1 Å². The molecule has 14 heteroatoms. The summed E-state index contributed by atoms with van der Waals surface area (Å²) in [5, 5.41) is 26.9. The second-order valence-electron chi connectivity index (χ2n) is 8.40. The molecule has 0 radical (unpaired) electrons. The van der Waals surface area contributed by atoms with Gasteiger partial charge in [-0.3, -0.25) is 9.78 Å². The van der Waals surface area contributed by atoms with Gasteiger partial charge in [0.2, 0.25) is 5.91 Å². The maximum Gasteiger partial charge on any atom is 0.248 e. The van der Waals surface area contributed by atoms with Crippen molar-refractivity contribution in [2.75, 3.05) is 30.5 Å². The number of pyridine rings is 1. The Morgan fingerprint density at radius 3 is 2.85 bits per heavy atom. The predicted molar refractivity (Wildman–Crippen MR) is 155 cm³/mol. The molecule has 0 fully saturated rings. The summed E-state index contributed by atoms with van der Waals surface area (Å²) in [6.45, 7) is 2.57. The number of ether oxygens (including phenoxy) is 1. The van der Waals surface area contributed by atoms with Gasteiger partial charge in [0.05, 0.1) is 46.3 Å². The highest BCUT2D eigenvalue weighted by atomic mass is 35.5. The molecule has 0 atom stereocenters. The Hall–Kier alpha value is -4.31. The van der Waals surface area contributed by atoms with Gasteiger partial charge < -0.3 is 20.7 Å². The molecule has 1 amide bonds. The van der Waals surface area contributed by atoms with Crippen LogP contribution in [0.5, 0.6) is 5.75 Å². The molecule has 0 spiro atoms. The molecule has 0 bridgehead atoms. The van der Waals surface area contributed by atoms with Crippen LogP contribution in [0.2, 0.25) is 5.02 Å². The van der Waals surface area contributed by atoms with Gasteiger partial charge >= 0.3 is 0 Å². The zero-order valence-corrected chi connectivity index (χ0v) is 23.4. The molecular weight excluding hydrogens is 577 g/mol. The molecule has 41 heavy (non-hydrogen) atoms. The number of amides is 1. The molecule has 0 saturated carbocycles. The quantitative estimate of drug-likeness (QED) is 0.147. The average molecular weight is 603 g/mol. The van der Waals surface area contributed by atoms with E-state index in [0.717, 1.165) is 0 Å². The van der Waals surface area contributed by atoms with Crippen molar-refractivity contribution in [2.24, 2.45) is 0 Å². The van der Waals surface area contributed by atoms with Gasteiger partial charge in [0.25, 0.3) is 0 Å². The number of nitrogens with zero attached hydrogens (tertiary/aromatic N) is 5. The average Bonchev–Trinajstić information content (AvgIpc) is 3.39. The van der Waals surface area contributed by atoms with Crippen molar-refractivity contribution in [3.05, 3.63) is 77.0 Å². The summed E-state index contributed by atoms with van der Waals surface area (Å²) in [6.07, 6.45) is 6.08. The number of halogens is 4. The van der Waals surface area contributed by atoms with Gasteiger partial charge in [0.1, 0.15) is 24.3 Å². The van der Waals surface area contributed by atoms with Gasteiger partial charge in [0.15, 0.2) is 0 Å². The van der Waals surface area contributed by atoms with E-state index in [4.69, 9.17) is 16.3 Å². The van der Waals surface area contributed by atoms with Crippen LogP contribution in [0.3, 0.4) is 0 Å². The number of rotatable bonds is 12. The van der Waals surface area contributed by atoms with Crippen LogP contribution in [0.25, 0.3) is 10.9 Å². The third kappa shape index (κ3) is 8.11. The normalized spacial score (nSPS) is 10.8. The maximum atomic E-state index is 13.7. The Balaban J connectivity index is 0.00000462. The van der Waals surface area contributed by atoms with Gasteiger partial charge in [0, 0.05) is 48.7 Å². The fraction of sp³-hybridized carbons (Fsp3) is 0.222. The van der Waals surface area contributed by atoms with Crippen molar-refractivity contribution in [3.8, 4) is 11.8 Å². The number of hydrogen-bond donors (Lipinski definition) is 3. The number of anilines is 3. The Morgan fingerprint density at radius 2 is 2.12 bits per heavy atom. The second kappa shape index (κ2) is 14.9. The molecule has 2 heterocycles. The third-order valence-electron chi connectivity index (χ3n) is 5.57. The van der Waals surface area contributed by atoms with Crippen molar-refractivity contribution < 1.29 is 18.3 Å². The Bertz CT molecular complexity index is 1590. The van der Waals surface area contributed by atoms with Crippen molar-refractivity contribution >= 4 is 57.9 Å². The zero-order valence-electron chi connectivity index (χ0n) is 21.8. The largest absolute Gasteiger partial charge is 0.492 e. The maximum absolute atomic E-state index is 13.7. The van der Waals surface area contributed by atoms with Crippen LogP contribution in [-0.2, 0) is 17.9 Å². The highest BCUT2D eigenvalue weighted by Crippen LogP contribution is 2.36. The molecular formula is C27H26Cl2F2N8O2. The lowest BCUT2D eigenvalue weighted by Crippen LogP contribution is -2.15. The van der Waals surface area contributed by atoms with Crippen molar-refractivity contribution in [1.29, 1.82) is 5.26 Å². The number of benzene rings is 2. The number of aryl methyl sites for hydroxylation is 1. The summed E-state index contributed by atoms with van der Waals surface area (Å²) in [7, 11) is 0. The van der Waals surface area contributed by atoms with Crippen LogP contribution in [0.4, 0.5) is 25.8 Å². The van der Waals surface area contributed by atoms with Gasteiger partial charge in [-0.25, -0.2) is 13.5 Å². The molecule has 4 rings (SSSR count). The molecule has 2 aromatic heterocycles. The molecule has 4 aromatic rings. The summed E-state index contributed by atoms with van der Waals surface area (Å²) >= 11 is 5.93. The van der Waals surface area contributed by atoms with Crippen LogP contribution < -0.4 is 20.7 Å². The minimum atomic E-state index is -0.566. The number of nitriles is 1. The first-order chi connectivity index (χ1) is 19.4. The predicted octanol–water partition coefficient (Wildman–Crippen LogP) is 5.31. The van der Waals surface area contributed by atoms with E-state index in [1.165, 1.54) is 35.2 Å². The molecule has 2 aromatic carbocycles. The summed E-state index contributed by atoms with van der Waals surface area (Å²) in [6, 6.07) is 9.55. The number of carbonyl (C=O) groups excluding carboxylic acids is 1. The Kier molecular flexibility index (Phi) is 11.3. The minimum absolute atomic E-state index is 0. The summed E-state index contributed by atoms with van der Waals surface area (Å²) in [5.41, 5.74) is 2.66. The summed E-state index contributed by atoms with van der Waals surface area (Å²) < 4.78 is 33.2. The standard InChI is InChI=1S/C27H25ClF2N8O2.ClH/c1-2-40-25-12-23-20(27(17(13-31)14-33-23)34-18-5-6-22(30)21(28)10-18)11-24(25)35-26(39)4-3-8-32-15-19-16-38(9-7-29)37-36-19;/h3-6,10-12,14,16,32H,2,7-9,15H2,1H3,(H,33,34)(H,35,39);1H/b4-3+;. The summed E-state index contributed by atoms with van der Waals surface area (Å²) in [4.78, 5) is 17.1. The van der Waals surface area contributed by atoms with E-state index in [0.29, 0.717) is 59.1 Å². The summed E-state index contributed by atoms with van der Waals surface area (Å²) in [5.74, 6) is -0.567. The Morgan fingerprint density at radius 1 is 1.29 bits per heavy atom.